The number of hydrogen-bond donors (Lipinski definition) is 1. The minimum absolute atomic E-state index is 0.250. The zero-order chi connectivity index (χ0) is 13.8. The SMILES string of the molecule is CCNC(Cc1cnn(C)c1)c1ccc(Br)c(Cl)c1. The highest BCUT2D eigenvalue weighted by molar-refractivity contribution is 9.10. The van der Waals surface area contributed by atoms with Crippen molar-refractivity contribution in [2.45, 2.75) is 19.4 Å². The number of nitrogens with zero attached hydrogens (tertiary/aromatic N) is 2. The lowest BCUT2D eigenvalue weighted by atomic mass is 10.0. The molecule has 2 rings (SSSR count). The maximum atomic E-state index is 6.17. The van der Waals surface area contributed by atoms with Gasteiger partial charge in [-0.25, -0.2) is 0 Å². The Labute approximate surface area is 127 Å². The molecule has 19 heavy (non-hydrogen) atoms. The van der Waals surface area contributed by atoms with Gasteiger partial charge in [-0.1, -0.05) is 24.6 Å². The van der Waals surface area contributed by atoms with Gasteiger partial charge in [0.15, 0.2) is 0 Å². The van der Waals surface area contributed by atoms with Crippen LogP contribution in [0.25, 0.3) is 0 Å². The maximum Gasteiger partial charge on any atom is 0.0551 e. The predicted molar refractivity (Wildman–Crippen MR) is 82.5 cm³/mol. The van der Waals surface area contributed by atoms with Gasteiger partial charge in [-0.15, -0.1) is 0 Å². The molecule has 2 aromatic rings. The maximum absolute atomic E-state index is 6.17. The van der Waals surface area contributed by atoms with E-state index >= 15 is 0 Å². The van der Waals surface area contributed by atoms with E-state index in [4.69, 9.17) is 11.6 Å². The van der Waals surface area contributed by atoms with Crippen LogP contribution in [0.2, 0.25) is 5.02 Å². The summed E-state index contributed by atoms with van der Waals surface area (Å²) in [5.74, 6) is 0. The van der Waals surface area contributed by atoms with Crippen molar-refractivity contribution in [2.75, 3.05) is 6.54 Å². The molecule has 5 heteroatoms. The van der Waals surface area contributed by atoms with Crippen LogP contribution in [0, 0.1) is 0 Å². The van der Waals surface area contributed by atoms with E-state index in [1.807, 2.05) is 36.3 Å². The molecule has 0 saturated heterocycles. The average Bonchev–Trinajstić information content (AvgIpc) is 2.78. The van der Waals surface area contributed by atoms with E-state index < -0.39 is 0 Å². The Balaban J connectivity index is 2.21. The fourth-order valence-electron chi connectivity index (χ4n) is 2.10. The Hall–Kier alpha value is -0.840. The second-order valence-corrected chi connectivity index (χ2v) is 5.77. The molecular weight excluding hydrogens is 326 g/mol. The number of rotatable bonds is 5. The third-order valence-electron chi connectivity index (χ3n) is 2.99. The van der Waals surface area contributed by atoms with Gasteiger partial charge >= 0.3 is 0 Å². The first kappa shape index (κ1) is 14.6. The van der Waals surface area contributed by atoms with Crippen molar-refractivity contribution in [2.24, 2.45) is 7.05 Å². The van der Waals surface area contributed by atoms with E-state index in [9.17, 15) is 0 Å². The Bertz CT molecular complexity index is 553. The van der Waals surface area contributed by atoms with Crippen LogP contribution in [0.15, 0.2) is 35.1 Å². The highest BCUT2D eigenvalue weighted by Crippen LogP contribution is 2.27. The highest BCUT2D eigenvalue weighted by atomic mass is 79.9. The Morgan fingerprint density at radius 3 is 2.84 bits per heavy atom. The summed E-state index contributed by atoms with van der Waals surface area (Å²) in [6.45, 7) is 3.02. The van der Waals surface area contributed by atoms with E-state index in [1.165, 1.54) is 11.1 Å². The molecule has 102 valence electrons. The molecule has 1 unspecified atom stereocenters. The second kappa shape index (κ2) is 6.55. The van der Waals surface area contributed by atoms with Crippen molar-refractivity contribution in [1.29, 1.82) is 0 Å². The van der Waals surface area contributed by atoms with Crippen molar-refractivity contribution in [3.05, 3.63) is 51.2 Å². The fraction of sp³-hybridized carbons (Fsp3) is 0.357. The molecule has 0 amide bonds. The van der Waals surface area contributed by atoms with E-state index in [-0.39, 0.29) is 6.04 Å². The predicted octanol–water partition coefficient (Wildman–Crippen LogP) is 3.73. The topological polar surface area (TPSA) is 29.9 Å². The summed E-state index contributed by atoms with van der Waals surface area (Å²) in [7, 11) is 1.93. The molecule has 0 fully saturated rings. The molecule has 0 bridgehead atoms. The largest absolute Gasteiger partial charge is 0.310 e. The zero-order valence-corrected chi connectivity index (χ0v) is 13.4. The first-order valence-corrected chi connectivity index (χ1v) is 7.43. The van der Waals surface area contributed by atoms with Crippen LogP contribution in [0.3, 0.4) is 0 Å². The van der Waals surface area contributed by atoms with Gasteiger partial charge in [0.05, 0.1) is 11.2 Å². The van der Waals surface area contributed by atoms with Gasteiger partial charge in [0.1, 0.15) is 0 Å². The van der Waals surface area contributed by atoms with E-state index in [2.05, 4.69) is 39.3 Å². The third kappa shape index (κ3) is 3.81. The average molecular weight is 343 g/mol. The number of nitrogens with one attached hydrogen (secondary N) is 1. The normalized spacial score (nSPS) is 12.6. The summed E-state index contributed by atoms with van der Waals surface area (Å²) in [5.41, 5.74) is 2.41. The van der Waals surface area contributed by atoms with Crippen molar-refractivity contribution in [3.8, 4) is 0 Å². The van der Waals surface area contributed by atoms with Crippen LogP contribution in [0.1, 0.15) is 24.1 Å². The molecule has 0 saturated carbocycles. The molecule has 3 nitrogen and oxygen atoms in total. The second-order valence-electron chi connectivity index (χ2n) is 4.51. The minimum Gasteiger partial charge on any atom is -0.310 e. The Morgan fingerprint density at radius 1 is 1.47 bits per heavy atom. The lowest BCUT2D eigenvalue weighted by Crippen LogP contribution is -2.22. The molecule has 0 aliphatic rings. The molecule has 1 aromatic heterocycles. The van der Waals surface area contributed by atoms with Crippen LogP contribution >= 0.6 is 27.5 Å². The van der Waals surface area contributed by atoms with Crippen LogP contribution in [-0.4, -0.2) is 16.3 Å². The molecule has 0 spiro atoms. The summed E-state index contributed by atoms with van der Waals surface area (Å²) in [6, 6.07) is 6.35. The standard InChI is InChI=1S/C14H17BrClN3/c1-3-17-14(6-10-8-18-19(2)9-10)11-4-5-12(15)13(16)7-11/h4-5,7-9,14,17H,3,6H2,1-2H3. The highest BCUT2D eigenvalue weighted by Gasteiger charge is 2.13. The smallest absolute Gasteiger partial charge is 0.0551 e. The third-order valence-corrected chi connectivity index (χ3v) is 4.23. The van der Waals surface area contributed by atoms with Crippen LogP contribution in [-0.2, 0) is 13.5 Å². The number of halogens is 2. The Morgan fingerprint density at radius 2 is 2.26 bits per heavy atom. The van der Waals surface area contributed by atoms with Crippen LogP contribution in [0.4, 0.5) is 0 Å². The fourth-order valence-corrected chi connectivity index (χ4v) is 2.53. The van der Waals surface area contributed by atoms with Gasteiger partial charge < -0.3 is 5.32 Å². The Kier molecular flexibility index (Phi) is 5.02. The van der Waals surface area contributed by atoms with E-state index in [0.717, 1.165) is 22.5 Å². The molecule has 1 aromatic carbocycles. The molecular formula is C14H17BrClN3. The molecule has 1 N–H and O–H groups in total. The lowest BCUT2D eigenvalue weighted by molar-refractivity contribution is 0.549. The van der Waals surface area contributed by atoms with Crippen molar-refractivity contribution in [3.63, 3.8) is 0 Å². The summed E-state index contributed by atoms with van der Waals surface area (Å²) in [6.07, 6.45) is 4.86. The number of benzene rings is 1. The van der Waals surface area contributed by atoms with Gasteiger partial charge in [0.25, 0.3) is 0 Å². The summed E-state index contributed by atoms with van der Waals surface area (Å²) < 4.78 is 2.75. The molecule has 1 heterocycles. The molecule has 0 radical (unpaired) electrons. The van der Waals surface area contributed by atoms with E-state index in [1.54, 1.807) is 0 Å². The number of hydrogen-bond acceptors (Lipinski definition) is 2. The van der Waals surface area contributed by atoms with Crippen molar-refractivity contribution >= 4 is 27.5 Å². The van der Waals surface area contributed by atoms with Gasteiger partial charge in [0, 0.05) is 23.8 Å². The molecule has 1 atom stereocenters. The molecule has 0 aliphatic carbocycles. The minimum atomic E-state index is 0.250. The summed E-state index contributed by atoms with van der Waals surface area (Å²) in [5, 5.41) is 8.45. The van der Waals surface area contributed by atoms with Crippen molar-refractivity contribution in [1.82, 2.24) is 15.1 Å². The van der Waals surface area contributed by atoms with Gasteiger partial charge in [-0.05, 0) is 52.2 Å². The molecule has 0 aliphatic heterocycles. The van der Waals surface area contributed by atoms with Gasteiger partial charge in [-0.2, -0.15) is 5.10 Å². The summed E-state index contributed by atoms with van der Waals surface area (Å²) in [4.78, 5) is 0. The van der Waals surface area contributed by atoms with Gasteiger partial charge in [-0.3, -0.25) is 4.68 Å². The van der Waals surface area contributed by atoms with Crippen LogP contribution in [0.5, 0.6) is 0 Å². The first-order chi connectivity index (χ1) is 9.10. The first-order valence-electron chi connectivity index (χ1n) is 6.26. The monoisotopic (exact) mass is 341 g/mol. The van der Waals surface area contributed by atoms with E-state index in [0.29, 0.717) is 0 Å². The van der Waals surface area contributed by atoms with Crippen molar-refractivity contribution < 1.29 is 0 Å². The lowest BCUT2D eigenvalue weighted by Gasteiger charge is -2.18. The number of aromatic nitrogens is 2. The quantitative estimate of drug-likeness (QED) is 0.897. The van der Waals surface area contributed by atoms with Crippen LogP contribution < -0.4 is 5.32 Å². The number of aryl methyl sites for hydroxylation is 1. The zero-order valence-electron chi connectivity index (χ0n) is 11.0. The van der Waals surface area contributed by atoms with Gasteiger partial charge in [0.2, 0.25) is 0 Å². The summed E-state index contributed by atoms with van der Waals surface area (Å²) >= 11 is 9.60. The number of likely N-dealkylation sites (N-methyl/N-ethyl adjacent to an activating group) is 1.